The van der Waals surface area contributed by atoms with E-state index in [4.69, 9.17) is 4.74 Å². The van der Waals surface area contributed by atoms with Gasteiger partial charge in [-0.15, -0.1) is 0 Å². The molecule has 1 atom stereocenters. The van der Waals surface area contributed by atoms with E-state index >= 15 is 0 Å². The summed E-state index contributed by atoms with van der Waals surface area (Å²) >= 11 is 0. The van der Waals surface area contributed by atoms with Crippen LogP contribution in [0.4, 0.5) is 0 Å². The Kier molecular flexibility index (Phi) is 6.74. The van der Waals surface area contributed by atoms with Crippen molar-refractivity contribution in [2.75, 3.05) is 32.5 Å². The van der Waals surface area contributed by atoms with Gasteiger partial charge >= 0.3 is 0 Å². The number of carbonyl (C=O) groups excluding carboxylic acids is 1. The van der Waals surface area contributed by atoms with E-state index in [1.807, 2.05) is 6.92 Å². The number of amides is 1. The molecule has 0 aromatic rings. The molecular formula is C12H24N2O4S. The van der Waals surface area contributed by atoms with Gasteiger partial charge in [-0.05, 0) is 19.3 Å². The number of hydrogen-bond donors (Lipinski definition) is 1. The van der Waals surface area contributed by atoms with Gasteiger partial charge in [-0.3, -0.25) is 4.79 Å². The number of unbranched alkanes of at least 4 members (excludes halogenated alkanes) is 1. The van der Waals surface area contributed by atoms with E-state index in [-0.39, 0.29) is 12.0 Å². The van der Waals surface area contributed by atoms with Crippen molar-refractivity contribution in [2.45, 2.75) is 38.7 Å². The Balaban J connectivity index is 2.33. The van der Waals surface area contributed by atoms with Gasteiger partial charge in [0.1, 0.15) is 6.10 Å². The summed E-state index contributed by atoms with van der Waals surface area (Å²) in [6.07, 6.45) is 4.26. The molecule has 1 aliphatic heterocycles. The maximum Gasteiger partial charge on any atom is 0.249 e. The second kappa shape index (κ2) is 7.81. The summed E-state index contributed by atoms with van der Waals surface area (Å²) in [7, 11) is -3.20. The molecular weight excluding hydrogens is 268 g/mol. The highest BCUT2D eigenvalue weighted by atomic mass is 32.2. The van der Waals surface area contributed by atoms with E-state index in [0.717, 1.165) is 25.7 Å². The van der Waals surface area contributed by atoms with Crippen LogP contribution < -0.4 is 5.32 Å². The van der Waals surface area contributed by atoms with Gasteiger partial charge in [0, 0.05) is 26.2 Å². The zero-order valence-electron chi connectivity index (χ0n) is 11.7. The Hall–Kier alpha value is -0.660. The van der Waals surface area contributed by atoms with Gasteiger partial charge in [-0.1, -0.05) is 13.3 Å². The maximum atomic E-state index is 11.7. The summed E-state index contributed by atoms with van der Waals surface area (Å²) < 4.78 is 29.8. The number of nitrogens with one attached hydrogen (secondary N) is 1. The van der Waals surface area contributed by atoms with Crippen molar-refractivity contribution in [3.05, 3.63) is 0 Å². The minimum Gasteiger partial charge on any atom is -0.368 e. The lowest BCUT2D eigenvalue weighted by Crippen LogP contribution is -2.41. The Morgan fingerprint density at radius 3 is 2.68 bits per heavy atom. The largest absolute Gasteiger partial charge is 0.368 e. The third-order valence-electron chi connectivity index (χ3n) is 3.11. The van der Waals surface area contributed by atoms with Crippen LogP contribution in [0.2, 0.25) is 0 Å². The Labute approximate surface area is 115 Å². The van der Waals surface area contributed by atoms with Crippen molar-refractivity contribution in [2.24, 2.45) is 0 Å². The van der Waals surface area contributed by atoms with Crippen LogP contribution in [-0.4, -0.2) is 57.2 Å². The normalized spacial score (nSPS) is 19.8. The molecule has 0 aromatic carbocycles. The standard InChI is InChI=1S/C12H24N2O4S/c1-3-4-8-14(19(2,16)17)9-7-13-12(15)11-6-5-10-18-11/h11H,3-10H2,1-2H3,(H,13,15). The number of sulfonamides is 1. The average molecular weight is 292 g/mol. The van der Waals surface area contributed by atoms with Crippen LogP contribution in [0.25, 0.3) is 0 Å². The molecule has 0 radical (unpaired) electrons. The lowest BCUT2D eigenvalue weighted by molar-refractivity contribution is -0.130. The molecule has 6 nitrogen and oxygen atoms in total. The smallest absolute Gasteiger partial charge is 0.249 e. The molecule has 1 heterocycles. The summed E-state index contributed by atoms with van der Waals surface area (Å²) in [6, 6.07) is 0. The predicted octanol–water partition coefficient (Wildman–Crippen LogP) is 0.343. The number of rotatable bonds is 8. The summed E-state index contributed by atoms with van der Waals surface area (Å²) in [5, 5.41) is 2.73. The van der Waals surface area contributed by atoms with E-state index in [9.17, 15) is 13.2 Å². The highest BCUT2D eigenvalue weighted by molar-refractivity contribution is 7.88. The van der Waals surface area contributed by atoms with Gasteiger partial charge < -0.3 is 10.1 Å². The molecule has 0 aromatic heterocycles. The van der Waals surface area contributed by atoms with Crippen molar-refractivity contribution in [1.82, 2.24) is 9.62 Å². The summed E-state index contributed by atoms with van der Waals surface area (Å²) in [5.74, 6) is -0.138. The van der Waals surface area contributed by atoms with E-state index in [0.29, 0.717) is 26.2 Å². The lowest BCUT2D eigenvalue weighted by atomic mass is 10.2. The van der Waals surface area contributed by atoms with E-state index in [1.54, 1.807) is 0 Å². The minimum atomic E-state index is -3.20. The molecule has 7 heteroatoms. The van der Waals surface area contributed by atoms with E-state index in [2.05, 4.69) is 5.32 Å². The first kappa shape index (κ1) is 16.4. The number of carbonyl (C=O) groups is 1. The van der Waals surface area contributed by atoms with Crippen molar-refractivity contribution in [3.8, 4) is 0 Å². The molecule has 1 unspecified atom stereocenters. The SMILES string of the molecule is CCCCN(CCNC(=O)C1CCCO1)S(C)(=O)=O. The molecule has 1 fully saturated rings. The lowest BCUT2D eigenvalue weighted by Gasteiger charge is -2.20. The van der Waals surface area contributed by atoms with Crippen LogP contribution in [0, 0.1) is 0 Å². The first-order chi connectivity index (χ1) is 8.95. The van der Waals surface area contributed by atoms with Gasteiger partial charge in [-0.25, -0.2) is 12.7 Å². The Morgan fingerprint density at radius 2 is 2.16 bits per heavy atom. The number of hydrogen-bond acceptors (Lipinski definition) is 4. The van der Waals surface area contributed by atoms with Crippen LogP contribution in [0.3, 0.4) is 0 Å². The highest BCUT2D eigenvalue weighted by Crippen LogP contribution is 2.11. The zero-order chi connectivity index (χ0) is 14.3. The maximum absolute atomic E-state index is 11.7. The van der Waals surface area contributed by atoms with Crippen molar-refractivity contribution in [1.29, 1.82) is 0 Å². The second-order valence-corrected chi connectivity index (χ2v) is 6.79. The molecule has 0 spiro atoms. The predicted molar refractivity (Wildman–Crippen MR) is 73.3 cm³/mol. The molecule has 1 aliphatic rings. The minimum absolute atomic E-state index is 0.138. The summed E-state index contributed by atoms with van der Waals surface area (Å²) in [6.45, 7) is 3.79. The average Bonchev–Trinajstić information content (AvgIpc) is 2.85. The van der Waals surface area contributed by atoms with Crippen LogP contribution in [0.5, 0.6) is 0 Å². The van der Waals surface area contributed by atoms with E-state index in [1.165, 1.54) is 10.6 Å². The van der Waals surface area contributed by atoms with Gasteiger partial charge in [0.25, 0.3) is 0 Å². The van der Waals surface area contributed by atoms with Crippen LogP contribution in [0.15, 0.2) is 0 Å². The van der Waals surface area contributed by atoms with Gasteiger partial charge in [0.2, 0.25) is 15.9 Å². The van der Waals surface area contributed by atoms with Gasteiger partial charge in [-0.2, -0.15) is 0 Å². The molecule has 112 valence electrons. The first-order valence-electron chi connectivity index (χ1n) is 6.79. The van der Waals surface area contributed by atoms with Crippen molar-refractivity contribution >= 4 is 15.9 Å². The third-order valence-corrected chi connectivity index (χ3v) is 4.42. The molecule has 1 rings (SSSR count). The number of nitrogens with zero attached hydrogens (tertiary/aromatic N) is 1. The van der Waals surface area contributed by atoms with Crippen LogP contribution in [-0.2, 0) is 19.6 Å². The first-order valence-corrected chi connectivity index (χ1v) is 8.64. The Bertz CT molecular complexity index is 377. The molecule has 1 amide bonds. The molecule has 1 saturated heterocycles. The van der Waals surface area contributed by atoms with Crippen LogP contribution in [0.1, 0.15) is 32.6 Å². The quantitative estimate of drug-likeness (QED) is 0.700. The van der Waals surface area contributed by atoms with Crippen molar-refractivity contribution in [3.63, 3.8) is 0 Å². The summed E-state index contributed by atoms with van der Waals surface area (Å²) in [5.41, 5.74) is 0. The topological polar surface area (TPSA) is 75.7 Å². The third kappa shape index (κ3) is 5.88. The second-order valence-electron chi connectivity index (χ2n) is 4.81. The molecule has 19 heavy (non-hydrogen) atoms. The highest BCUT2D eigenvalue weighted by Gasteiger charge is 2.23. The molecule has 0 aliphatic carbocycles. The summed E-state index contributed by atoms with van der Waals surface area (Å²) in [4.78, 5) is 11.7. The fourth-order valence-corrected chi connectivity index (χ4v) is 2.86. The van der Waals surface area contributed by atoms with E-state index < -0.39 is 10.0 Å². The monoisotopic (exact) mass is 292 g/mol. The van der Waals surface area contributed by atoms with Gasteiger partial charge in [0.15, 0.2) is 0 Å². The van der Waals surface area contributed by atoms with Crippen LogP contribution >= 0.6 is 0 Å². The molecule has 1 N–H and O–H groups in total. The molecule has 0 bridgehead atoms. The Morgan fingerprint density at radius 1 is 1.42 bits per heavy atom. The van der Waals surface area contributed by atoms with Gasteiger partial charge in [0.05, 0.1) is 6.26 Å². The zero-order valence-corrected chi connectivity index (χ0v) is 12.5. The molecule has 0 saturated carbocycles. The number of ether oxygens (including phenoxy) is 1. The van der Waals surface area contributed by atoms with Crippen molar-refractivity contribution < 1.29 is 17.9 Å². The fourth-order valence-electron chi connectivity index (χ4n) is 1.98. The fraction of sp³-hybridized carbons (Fsp3) is 0.917.